The molecular weight excluding hydrogens is 424 g/mol. The van der Waals surface area contributed by atoms with E-state index in [0.29, 0.717) is 25.6 Å². The SMILES string of the molecule is O=C(NCCNCc1cc2ccc(OCc3ccccc3)cc2o1)C12CC3CC(CC(C3)C1)C2. The number of ether oxygens (including phenoxy) is 1. The minimum absolute atomic E-state index is 0.0617. The number of carbonyl (C=O) groups is 1. The fourth-order valence-electron chi connectivity index (χ4n) is 7.04. The first-order chi connectivity index (χ1) is 16.6. The average Bonchev–Trinajstić information content (AvgIpc) is 3.24. The minimum Gasteiger partial charge on any atom is -0.489 e. The van der Waals surface area contributed by atoms with E-state index in [4.69, 9.17) is 9.15 Å². The lowest BCUT2D eigenvalue weighted by Gasteiger charge is -2.55. The largest absolute Gasteiger partial charge is 0.489 e. The van der Waals surface area contributed by atoms with Gasteiger partial charge in [0, 0.05) is 30.0 Å². The highest BCUT2D eigenvalue weighted by atomic mass is 16.5. The molecule has 0 aliphatic heterocycles. The number of hydrogen-bond donors (Lipinski definition) is 2. The second-order valence-electron chi connectivity index (χ2n) is 10.8. The average molecular weight is 459 g/mol. The lowest BCUT2D eigenvalue weighted by atomic mass is 9.49. The van der Waals surface area contributed by atoms with E-state index in [1.165, 1.54) is 19.3 Å². The van der Waals surface area contributed by atoms with Crippen LogP contribution in [0.25, 0.3) is 11.0 Å². The van der Waals surface area contributed by atoms with Gasteiger partial charge in [-0.3, -0.25) is 4.79 Å². The van der Waals surface area contributed by atoms with Gasteiger partial charge in [0.05, 0.1) is 6.54 Å². The quantitative estimate of drug-likeness (QED) is 0.420. The maximum Gasteiger partial charge on any atom is 0.226 e. The van der Waals surface area contributed by atoms with Gasteiger partial charge in [-0.1, -0.05) is 30.3 Å². The van der Waals surface area contributed by atoms with Gasteiger partial charge < -0.3 is 19.8 Å². The number of rotatable bonds is 9. The van der Waals surface area contributed by atoms with E-state index in [0.717, 1.165) is 71.6 Å². The van der Waals surface area contributed by atoms with Crippen molar-refractivity contribution in [1.82, 2.24) is 10.6 Å². The van der Waals surface area contributed by atoms with Gasteiger partial charge in [0.15, 0.2) is 0 Å². The molecule has 2 aromatic carbocycles. The molecule has 0 saturated heterocycles. The Morgan fingerprint density at radius 1 is 0.941 bits per heavy atom. The van der Waals surface area contributed by atoms with Gasteiger partial charge in [0.2, 0.25) is 5.91 Å². The van der Waals surface area contributed by atoms with Crippen molar-refractivity contribution in [3.8, 4) is 5.75 Å². The van der Waals surface area contributed by atoms with Crippen molar-refractivity contribution in [2.24, 2.45) is 23.2 Å². The second kappa shape index (κ2) is 9.10. The van der Waals surface area contributed by atoms with Crippen LogP contribution in [0.3, 0.4) is 0 Å². The van der Waals surface area contributed by atoms with Crippen LogP contribution < -0.4 is 15.4 Å². The van der Waals surface area contributed by atoms with E-state index >= 15 is 0 Å². The van der Waals surface area contributed by atoms with Gasteiger partial charge in [-0.05, 0) is 80.0 Å². The number of amides is 1. The predicted molar refractivity (Wildman–Crippen MR) is 132 cm³/mol. The van der Waals surface area contributed by atoms with E-state index in [2.05, 4.69) is 28.8 Å². The molecule has 34 heavy (non-hydrogen) atoms. The number of nitrogens with one attached hydrogen (secondary N) is 2. The third-order valence-electron chi connectivity index (χ3n) is 8.20. The number of furan rings is 1. The summed E-state index contributed by atoms with van der Waals surface area (Å²) >= 11 is 0. The maximum atomic E-state index is 13.1. The molecule has 1 amide bonds. The Hall–Kier alpha value is -2.79. The first-order valence-corrected chi connectivity index (χ1v) is 12.8. The molecule has 2 N–H and O–H groups in total. The van der Waals surface area contributed by atoms with Crippen LogP contribution in [-0.2, 0) is 17.9 Å². The predicted octanol–water partition coefficient (Wildman–Crippen LogP) is 5.43. The van der Waals surface area contributed by atoms with Crippen LogP contribution in [0.5, 0.6) is 5.75 Å². The van der Waals surface area contributed by atoms with Crippen molar-refractivity contribution in [2.75, 3.05) is 13.1 Å². The molecule has 0 atom stereocenters. The minimum atomic E-state index is -0.0617. The van der Waals surface area contributed by atoms with Crippen LogP contribution >= 0.6 is 0 Å². The lowest BCUT2D eigenvalue weighted by Crippen LogP contribution is -2.54. The van der Waals surface area contributed by atoms with Crippen molar-refractivity contribution >= 4 is 16.9 Å². The summed E-state index contributed by atoms with van der Waals surface area (Å²) in [6.45, 7) is 2.58. The zero-order chi connectivity index (χ0) is 23.0. The molecule has 4 bridgehead atoms. The summed E-state index contributed by atoms with van der Waals surface area (Å²) in [5.74, 6) is 4.40. The number of fused-ring (bicyclic) bond motifs is 1. The molecular formula is C29H34N2O3. The zero-order valence-electron chi connectivity index (χ0n) is 19.7. The third-order valence-corrected chi connectivity index (χ3v) is 8.20. The molecule has 0 radical (unpaired) electrons. The molecule has 5 nitrogen and oxygen atoms in total. The summed E-state index contributed by atoms with van der Waals surface area (Å²) < 4.78 is 11.9. The fraction of sp³-hybridized carbons (Fsp3) is 0.483. The number of hydrogen-bond acceptors (Lipinski definition) is 4. The maximum absolute atomic E-state index is 13.1. The molecule has 1 aromatic heterocycles. The smallest absolute Gasteiger partial charge is 0.226 e. The van der Waals surface area contributed by atoms with Gasteiger partial charge in [-0.15, -0.1) is 0 Å². The van der Waals surface area contributed by atoms with E-state index in [-0.39, 0.29) is 5.41 Å². The molecule has 5 heteroatoms. The number of carbonyl (C=O) groups excluding carboxylic acids is 1. The summed E-state index contributed by atoms with van der Waals surface area (Å²) in [6.07, 6.45) is 7.46. The molecule has 4 fully saturated rings. The molecule has 0 spiro atoms. The highest BCUT2D eigenvalue weighted by molar-refractivity contribution is 5.83. The van der Waals surface area contributed by atoms with Gasteiger partial charge in [0.25, 0.3) is 0 Å². The van der Waals surface area contributed by atoms with Crippen LogP contribution in [0.15, 0.2) is 59.0 Å². The Labute approximate surface area is 201 Å². The molecule has 1 heterocycles. The van der Waals surface area contributed by atoms with E-state index in [1.54, 1.807) is 0 Å². The molecule has 4 aliphatic carbocycles. The van der Waals surface area contributed by atoms with Crippen molar-refractivity contribution < 1.29 is 13.9 Å². The first kappa shape index (κ1) is 21.7. The van der Waals surface area contributed by atoms with E-state index in [1.807, 2.05) is 36.4 Å². The standard InChI is InChI=1S/C29H34N2O3/c32-28(29-15-21-10-22(16-29)12-23(11-21)17-29)31-9-8-30-18-26-13-24-6-7-25(14-27(24)34-26)33-19-20-4-2-1-3-5-20/h1-7,13-14,21-23,30H,8-12,15-19H2,(H,31,32). The summed E-state index contributed by atoms with van der Waals surface area (Å²) in [5, 5.41) is 7.72. The zero-order valence-corrected chi connectivity index (χ0v) is 19.7. The topological polar surface area (TPSA) is 63.5 Å². The van der Waals surface area contributed by atoms with Crippen molar-refractivity contribution in [3.05, 3.63) is 65.9 Å². The summed E-state index contributed by atoms with van der Waals surface area (Å²) in [7, 11) is 0. The van der Waals surface area contributed by atoms with Gasteiger partial charge in [-0.25, -0.2) is 0 Å². The van der Waals surface area contributed by atoms with E-state index in [9.17, 15) is 4.79 Å². The molecule has 4 saturated carbocycles. The van der Waals surface area contributed by atoms with Crippen molar-refractivity contribution in [3.63, 3.8) is 0 Å². The number of benzene rings is 2. The second-order valence-corrected chi connectivity index (χ2v) is 10.8. The monoisotopic (exact) mass is 458 g/mol. The van der Waals surface area contributed by atoms with Gasteiger partial charge >= 0.3 is 0 Å². The molecule has 3 aromatic rings. The highest BCUT2D eigenvalue weighted by Crippen LogP contribution is 2.60. The van der Waals surface area contributed by atoms with Crippen LogP contribution in [0.4, 0.5) is 0 Å². The molecule has 178 valence electrons. The normalized spacial score (nSPS) is 27.2. The molecule has 7 rings (SSSR count). The Morgan fingerprint density at radius 3 is 2.41 bits per heavy atom. The molecule has 0 unspecified atom stereocenters. The third kappa shape index (κ3) is 4.46. The van der Waals surface area contributed by atoms with Crippen LogP contribution in [-0.4, -0.2) is 19.0 Å². The lowest BCUT2D eigenvalue weighted by molar-refractivity contribution is -0.146. The Balaban J connectivity index is 0.968. The fourth-order valence-corrected chi connectivity index (χ4v) is 7.04. The van der Waals surface area contributed by atoms with Crippen LogP contribution in [0.2, 0.25) is 0 Å². The van der Waals surface area contributed by atoms with Crippen LogP contribution in [0.1, 0.15) is 49.8 Å². The Kier molecular flexibility index (Phi) is 5.82. The Morgan fingerprint density at radius 2 is 1.68 bits per heavy atom. The van der Waals surface area contributed by atoms with Crippen molar-refractivity contribution in [1.29, 1.82) is 0 Å². The Bertz CT molecular complexity index is 1120. The summed E-state index contributed by atoms with van der Waals surface area (Å²) in [4.78, 5) is 13.1. The van der Waals surface area contributed by atoms with E-state index < -0.39 is 0 Å². The van der Waals surface area contributed by atoms with Crippen molar-refractivity contribution in [2.45, 2.75) is 51.7 Å². The van der Waals surface area contributed by atoms with Gasteiger partial charge in [-0.2, -0.15) is 0 Å². The summed E-state index contributed by atoms with van der Waals surface area (Å²) in [5.41, 5.74) is 1.91. The summed E-state index contributed by atoms with van der Waals surface area (Å²) in [6, 6.07) is 18.2. The first-order valence-electron chi connectivity index (χ1n) is 12.8. The van der Waals surface area contributed by atoms with Crippen LogP contribution in [0, 0.1) is 23.2 Å². The van der Waals surface area contributed by atoms with Gasteiger partial charge in [0.1, 0.15) is 23.7 Å². The molecule has 4 aliphatic rings. The highest BCUT2D eigenvalue weighted by Gasteiger charge is 2.54.